The van der Waals surface area contributed by atoms with Gasteiger partial charge in [-0.1, -0.05) is 0 Å². The Bertz CT molecular complexity index is 1400. The minimum atomic E-state index is -1.27. The summed E-state index contributed by atoms with van der Waals surface area (Å²) < 4.78 is 41.1. The Morgan fingerprint density at radius 2 is 2.03 bits per heavy atom. The molecule has 37 heavy (non-hydrogen) atoms. The molecule has 2 aromatic carbocycles. The molecule has 2 heterocycles. The zero-order valence-corrected chi connectivity index (χ0v) is 20.1. The van der Waals surface area contributed by atoms with Gasteiger partial charge in [0.25, 0.3) is 5.88 Å². The van der Waals surface area contributed by atoms with Crippen molar-refractivity contribution in [3.63, 3.8) is 0 Å². The monoisotopic (exact) mass is 529 g/mol. The van der Waals surface area contributed by atoms with Crippen LogP contribution in [0.15, 0.2) is 52.5 Å². The summed E-state index contributed by atoms with van der Waals surface area (Å²) in [5.41, 5.74) is 6.12. The van der Waals surface area contributed by atoms with Crippen molar-refractivity contribution in [3.8, 4) is 28.9 Å². The molecule has 192 valence electrons. The quantitative estimate of drug-likeness (QED) is 0.182. The molecule has 10 nitrogen and oxygen atoms in total. The van der Waals surface area contributed by atoms with Crippen molar-refractivity contribution in [3.05, 3.63) is 65.4 Å². The van der Waals surface area contributed by atoms with E-state index in [1.807, 2.05) is 4.90 Å². The van der Waals surface area contributed by atoms with E-state index in [4.69, 9.17) is 25.7 Å². The molecular weight excluding hydrogens is 508 g/mol. The van der Waals surface area contributed by atoms with Crippen LogP contribution in [0.25, 0.3) is 0 Å². The minimum Gasteiger partial charge on any atom is -0.504 e. The molecule has 0 aliphatic carbocycles. The van der Waals surface area contributed by atoms with Gasteiger partial charge >= 0.3 is 5.97 Å². The number of thioether (sulfide) groups is 1. The van der Waals surface area contributed by atoms with E-state index >= 15 is 4.39 Å². The standard InChI is InChI=1S/C24H21F2N5O5S/c1-31-7-6-29-23(31)14-9-13(37-11-19(33)34)3-5-17(14)35-21-15(25)10-30-24(20(21)26)36-18-8-12(22(27)28)2-4-16(18)32/h2-6,8-10,23,32H,7,11H2,1H3,(H3,27,28)(H,33,34). The highest BCUT2D eigenvalue weighted by molar-refractivity contribution is 8.00. The van der Waals surface area contributed by atoms with Crippen molar-refractivity contribution in [1.82, 2.24) is 9.88 Å². The van der Waals surface area contributed by atoms with Gasteiger partial charge in [0.15, 0.2) is 17.3 Å². The lowest BCUT2D eigenvalue weighted by atomic mass is 10.1. The number of ether oxygens (including phenoxy) is 2. The maximum Gasteiger partial charge on any atom is 0.313 e. The number of benzene rings is 2. The number of carboxylic acids is 1. The largest absolute Gasteiger partial charge is 0.504 e. The molecule has 0 saturated heterocycles. The second kappa shape index (κ2) is 10.8. The molecule has 1 aliphatic rings. The molecule has 0 fully saturated rings. The number of pyridine rings is 1. The number of rotatable bonds is 9. The van der Waals surface area contributed by atoms with E-state index in [0.717, 1.165) is 11.8 Å². The molecule has 0 amide bonds. The predicted octanol–water partition coefficient (Wildman–Crippen LogP) is 4.13. The Labute approximate surface area is 213 Å². The fourth-order valence-corrected chi connectivity index (χ4v) is 4.10. The van der Waals surface area contributed by atoms with Crippen LogP contribution in [0.2, 0.25) is 0 Å². The van der Waals surface area contributed by atoms with Gasteiger partial charge < -0.3 is 25.4 Å². The third-order valence-corrected chi connectivity index (χ3v) is 6.22. The first-order chi connectivity index (χ1) is 17.6. The van der Waals surface area contributed by atoms with Crippen LogP contribution in [0.5, 0.6) is 28.9 Å². The Hall–Kier alpha value is -4.23. The Morgan fingerprint density at radius 3 is 2.70 bits per heavy atom. The number of hydrogen-bond acceptors (Lipinski definition) is 9. The van der Waals surface area contributed by atoms with Crippen molar-refractivity contribution in [2.24, 2.45) is 10.7 Å². The minimum absolute atomic E-state index is 0.0898. The van der Waals surface area contributed by atoms with E-state index < -0.39 is 35.4 Å². The highest BCUT2D eigenvalue weighted by atomic mass is 32.2. The van der Waals surface area contributed by atoms with Crippen LogP contribution >= 0.6 is 11.8 Å². The molecule has 1 unspecified atom stereocenters. The van der Waals surface area contributed by atoms with Crippen LogP contribution in [0, 0.1) is 17.0 Å². The summed E-state index contributed by atoms with van der Waals surface area (Å²) in [6.07, 6.45) is 1.87. The van der Waals surface area contributed by atoms with Crippen LogP contribution < -0.4 is 15.2 Å². The summed E-state index contributed by atoms with van der Waals surface area (Å²) >= 11 is 1.08. The number of nitrogen functional groups attached to an aromatic ring is 1. The average molecular weight is 530 g/mol. The fourth-order valence-electron chi connectivity index (χ4n) is 3.44. The number of nitrogens with zero attached hydrogens (tertiary/aromatic N) is 3. The first kappa shape index (κ1) is 25.9. The molecule has 0 saturated carbocycles. The van der Waals surface area contributed by atoms with Crippen molar-refractivity contribution < 1.29 is 33.3 Å². The van der Waals surface area contributed by atoms with Gasteiger partial charge in [-0.3, -0.25) is 20.1 Å². The number of carboxylic acid groups (broad SMARTS) is 1. The zero-order valence-electron chi connectivity index (χ0n) is 19.3. The van der Waals surface area contributed by atoms with Crippen molar-refractivity contribution >= 4 is 29.8 Å². The second-order valence-electron chi connectivity index (χ2n) is 7.88. The fraction of sp³-hybridized carbons (Fsp3) is 0.167. The number of carbonyl (C=O) groups is 1. The number of aliphatic carboxylic acids is 1. The average Bonchev–Trinajstić information content (AvgIpc) is 3.29. The SMILES string of the molecule is CN1CC=NC1c1cc(SCC(=O)O)ccc1Oc1c(F)cnc(Oc2cc(C(=N)N)ccc2O)c1F. The van der Waals surface area contributed by atoms with E-state index in [1.165, 1.54) is 24.3 Å². The van der Waals surface area contributed by atoms with Gasteiger partial charge in [-0.2, -0.15) is 4.39 Å². The highest BCUT2D eigenvalue weighted by Gasteiger charge is 2.26. The van der Waals surface area contributed by atoms with Crippen molar-refractivity contribution in [2.45, 2.75) is 11.1 Å². The third kappa shape index (κ3) is 5.78. The molecule has 1 aliphatic heterocycles. The van der Waals surface area contributed by atoms with Crippen LogP contribution in [-0.4, -0.2) is 57.5 Å². The van der Waals surface area contributed by atoms with E-state index in [-0.39, 0.29) is 34.4 Å². The summed E-state index contributed by atoms with van der Waals surface area (Å²) in [5.74, 6) is -5.87. The highest BCUT2D eigenvalue weighted by Crippen LogP contribution is 2.40. The number of aromatic hydroxyl groups is 1. The van der Waals surface area contributed by atoms with E-state index in [0.29, 0.717) is 23.2 Å². The normalized spacial score (nSPS) is 15.1. The lowest BCUT2D eigenvalue weighted by Crippen LogP contribution is -2.19. The summed E-state index contributed by atoms with van der Waals surface area (Å²) in [4.78, 5) is 21.5. The van der Waals surface area contributed by atoms with Gasteiger partial charge in [0.1, 0.15) is 17.8 Å². The first-order valence-corrected chi connectivity index (χ1v) is 11.7. The second-order valence-corrected chi connectivity index (χ2v) is 8.93. The molecule has 5 N–H and O–H groups in total. The number of aromatic nitrogens is 1. The Balaban J connectivity index is 1.70. The molecule has 13 heteroatoms. The third-order valence-electron chi connectivity index (χ3n) is 5.24. The summed E-state index contributed by atoms with van der Waals surface area (Å²) in [6, 6.07) is 8.50. The molecule has 3 aromatic rings. The number of nitrogens with two attached hydrogens (primary N) is 1. The predicted molar refractivity (Wildman–Crippen MR) is 132 cm³/mol. The van der Waals surface area contributed by atoms with Crippen LogP contribution in [0.4, 0.5) is 8.78 Å². The van der Waals surface area contributed by atoms with E-state index in [1.54, 1.807) is 25.4 Å². The van der Waals surface area contributed by atoms with Gasteiger partial charge in [0.05, 0.1) is 11.9 Å². The number of hydrogen-bond donors (Lipinski definition) is 4. The van der Waals surface area contributed by atoms with Gasteiger partial charge in [0.2, 0.25) is 11.6 Å². The van der Waals surface area contributed by atoms with Gasteiger partial charge in [-0.25, -0.2) is 9.37 Å². The lowest BCUT2D eigenvalue weighted by molar-refractivity contribution is -0.133. The number of aliphatic imine (C=N–C) groups is 1. The van der Waals surface area contributed by atoms with Gasteiger partial charge in [-0.05, 0) is 43.4 Å². The van der Waals surface area contributed by atoms with Crippen LogP contribution in [0.3, 0.4) is 0 Å². The van der Waals surface area contributed by atoms with Crippen LogP contribution in [0.1, 0.15) is 17.3 Å². The first-order valence-electron chi connectivity index (χ1n) is 10.7. The maximum absolute atomic E-state index is 15.4. The molecule has 0 spiro atoms. The Kier molecular flexibility index (Phi) is 7.55. The van der Waals surface area contributed by atoms with E-state index in [9.17, 15) is 14.3 Å². The molecule has 0 radical (unpaired) electrons. The lowest BCUT2D eigenvalue weighted by Gasteiger charge is -2.22. The molecule has 1 atom stereocenters. The molecule has 0 bridgehead atoms. The van der Waals surface area contributed by atoms with E-state index in [2.05, 4.69) is 9.98 Å². The summed E-state index contributed by atoms with van der Waals surface area (Å²) in [6.45, 7) is 0.537. The Morgan fingerprint density at radius 1 is 1.24 bits per heavy atom. The summed E-state index contributed by atoms with van der Waals surface area (Å²) in [5, 5.41) is 26.6. The van der Waals surface area contributed by atoms with Crippen LogP contribution in [-0.2, 0) is 4.79 Å². The number of nitrogens with one attached hydrogen (secondary N) is 1. The number of amidine groups is 1. The molecular formula is C24H21F2N5O5S. The van der Waals surface area contributed by atoms with Crippen molar-refractivity contribution in [1.29, 1.82) is 5.41 Å². The number of halogens is 2. The summed E-state index contributed by atoms with van der Waals surface area (Å²) in [7, 11) is 1.81. The number of phenols is 1. The maximum atomic E-state index is 15.4. The molecule has 4 rings (SSSR count). The smallest absolute Gasteiger partial charge is 0.313 e. The number of phenolic OH excluding ortho intramolecular Hbond substituents is 1. The molecule has 1 aromatic heterocycles. The van der Waals surface area contributed by atoms with Gasteiger partial charge in [-0.15, -0.1) is 11.8 Å². The topological polar surface area (TPSA) is 154 Å². The zero-order chi connectivity index (χ0) is 26.7. The van der Waals surface area contributed by atoms with Crippen molar-refractivity contribution in [2.75, 3.05) is 19.3 Å². The van der Waals surface area contributed by atoms with Gasteiger partial charge in [0, 0.05) is 28.8 Å².